The maximum atomic E-state index is 10.0. The summed E-state index contributed by atoms with van der Waals surface area (Å²) in [5.41, 5.74) is 5.25. The van der Waals surface area contributed by atoms with Crippen molar-refractivity contribution in [2.24, 2.45) is 0 Å². The predicted octanol–water partition coefficient (Wildman–Crippen LogP) is 5.41. The summed E-state index contributed by atoms with van der Waals surface area (Å²) in [7, 11) is 0. The highest BCUT2D eigenvalue weighted by molar-refractivity contribution is 7.98. The third kappa shape index (κ3) is 2.99. The summed E-state index contributed by atoms with van der Waals surface area (Å²) in [6.45, 7) is 2.76. The summed E-state index contributed by atoms with van der Waals surface area (Å²) in [4.78, 5) is 6.00. The lowest BCUT2D eigenvalue weighted by atomic mass is 9.92. The van der Waals surface area contributed by atoms with E-state index in [1.165, 1.54) is 4.90 Å². The first kappa shape index (κ1) is 17.9. The van der Waals surface area contributed by atoms with Gasteiger partial charge in [0.05, 0.1) is 12.3 Å². The first-order chi connectivity index (χ1) is 14.3. The number of ether oxygens (including phenoxy) is 3. The van der Waals surface area contributed by atoms with Gasteiger partial charge in [-0.3, -0.25) is 0 Å². The molecule has 0 radical (unpaired) electrons. The molecule has 0 N–H and O–H groups in total. The van der Waals surface area contributed by atoms with Crippen molar-refractivity contribution in [3.8, 4) is 45.8 Å². The number of hydrogen-bond acceptors (Lipinski definition) is 6. The Morgan fingerprint density at radius 2 is 2.03 bits per heavy atom. The van der Waals surface area contributed by atoms with Gasteiger partial charge in [-0.15, -0.1) is 11.8 Å². The fourth-order valence-corrected chi connectivity index (χ4v) is 4.76. The van der Waals surface area contributed by atoms with Gasteiger partial charge in [0, 0.05) is 21.8 Å². The Kier molecular flexibility index (Phi) is 4.53. The van der Waals surface area contributed by atoms with Crippen LogP contribution in [0.2, 0.25) is 0 Å². The Labute approximate surface area is 173 Å². The highest BCUT2D eigenvalue weighted by Gasteiger charge is 2.28. The molecule has 0 spiro atoms. The maximum absolute atomic E-state index is 10.0. The van der Waals surface area contributed by atoms with Crippen molar-refractivity contribution in [2.75, 3.05) is 13.4 Å². The van der Waals surface area contributed by atoms with E-state index >= 15 is 0 Å². The summed E-state index contributed by atoms with van der Waals surface area (Å²) in [5.74, 6) is 2.54. The molecule has 0 saturated heterocycles. The summed E-state index contributed by atoms with van der Waals surface area (Å²) in [6, 6.07) is 16.4. The van der Waals surface area contributed by atoms with Crippen LogP contribution in [0.25, 0.3) is 22.4 Å². The fourth-order valence-electron chi connectivity index (χ4n) is 3.68. The Morgan fingerprint density at radius 3 is 2.90 bits per heavy atom. The topological polar surface area (TPSA) is 64.4 Å². The van der Waals surface area contributed by atoms with Crippen LogP contribution >= 0.6 is 11.8 Å². The first-order valence-corrected chi connectivity index (χ1v) is 10.5. The van der Waals surface area contributed by atoms with Crippen molar-refractivity contribution in [3.63, 3.8) is 0 Å². The van der Waals surface area contributed by atoms with Crippen LogP contribution < -0.4 is 14.2 Å². The minimum atomic E-state index is 0.215. The number of thioether (sulfide) groups is 1. The zero-order chi connectivity index (χ0) is 19.8. The van der Waals surface area contributed by atoms with E-state index in [1.54, 1.807) is 11.8 Å². The number of nitrogens with zero attached hydrogens (tertiary/aromatic N) is 2. The number of fused-ring (bicyclic) bond motifs is 4. The Bertz CT molecular complexity index is 1150. The number of nitriles is 1. The van der Waals surface area contributed by atoms with Crippen LogP contribution in [0.4, 0.5) is 0 Å². The monoisotopic (exact) mass is 402 g/mol. The fraction of sp³-hybridized carbons (Fsp3) is 0.217. The van der Waals surface area contributed by atoms with Gasteiger partial charge in [0.15, 0.2) is 11.5 Å². The number of aromatic nitrogens is 1. The van der Waals surface area contributed by atoms with Crippen molar-refractivity contribution < 1.29 is 14.2 Å². The SMILES string of the molecule is CCCOc1nc2c(c(-c3ccc4c(c3)OCO4)c1C#N)CSc1ccccc1-2. The largest absolute Gasteiger partial charge is 0.477 e. The molecule has 2 aromatic carbocycles. The Hall–Kier alpha value is -3.17. The standard InChI is InChI=1S/C23H18N2O3S/c1-2-9-26-23-16(11-24)21(14-7-8-18-19(10-14)28-13-27-18)17-12-29-20-6-4-3-5-15(20)22(17)25-23/h3-8,10H,2,9,12-13H2,1H3. The van der Waals surface area contributed by atoms with Gasteiger partial charge in [0.2, 0.25) is 12.7 Å². The van der Waals surface area contributed by atoms with E-state index in [1.807, 2.05) is 37.3 Å². The molecular formula is C23H18N2O3S. The van der Waals surface area contributed by atoms with Crippen molar-refractivity contribution in [1.82, 2.24) is 4.98 Å². The van der Waals surface area contributed by atoms with E-state index in [0.29, 0.717) is 23.8 Å². The maximum Gasteiger partial charge on any atom is 0.232 e. The molecule has 0 bridgehead atoms. The molecule has 0 unspecified atom stereocenters. The van der Waals surface area contributed by atoms with E-state index in [2.05, 4.69) is 18.2 Å². The number of pyridine rings is 1. The molecule has 5 nitrogen and oxygen atoms in total. The zero-order valence-electron chi connectivity index (χ0n) is 15.9. The number of hydrogen-bond donors (Lipinski definition) is 0. The van der Waals surface area contributed by atoms with Gasteiger partial charge < -0.3 is 14.2 Å². The molecule has 2 aliphatic heterocycles. The summed E-state index contributed by atoms with van der Waals surface area (Å²) in [6.07, 6.45) is 0.843. The van der Waals surface area contributed by atoms with E-state index in [4.69, 9.17) is 19.2 Å². The third-order valence-electron chi connectivity index (χ3n) is 4.99. The Balaban J connectivity index is 1.78. The van der Waals surface area contributed by atoms with Gasteiger partial charge in [-0.05, 0) is 35.7 Å². The van der Waals surface area contributed by atoms with Crippen molar-refractivity contribution in [2.45, 2.75) is 24.0 Å². The summed E-state index contributed by atoms with van der Waals surface area (Å²) in [5, 5.41) is 10.0. The van der Waals surface area contributed by atoms with Crippen molar-refractivity contribution in [1.29, 1.82) is 5.26 Å². The van der Waals surface area contributed by atoms with E-state index in [-0.39, 0.29) is 6.79 Å². The lowest BCUT2D eigenvalue weighted by Crippen LogP contribution is -2.08. The lowest BCUT2D eigenvalue weighted by molar-refractivity contribution is 0.174. The molecule has 3 aromatic rings. The predicted molar refractivity (Wildman–Crippen MR) is 111 cm³/mol. The third-order valence-corrected chi connectivity index (χ3v) is 6.09. The molecule has 5 rings (SSSR count). The minimum Gasteiger partial charge on any atom is -0.477 e. The average Bonchev–Trinajstić information content (AvgIpc) is 3.24. The van der Waals surface area contributed by atoms with E-state index in [9.17, 15) is 5.26 Å². The molecule has 29 heavy (non-hydrogen) atoms. The van der Waals surface area contributed by atoms with Crippen LogP contribution in [0.5, 0.6) is 17.4 Å². The zero-order valence-corrected chi connectivity index (χ0v) is 16.7. The van der Waals surface area contributed by atoms with Gasteiger partial charge in [-0.25, -0.2) is 4.98 Å². The van der Waals surface area contributed by atoms with Crippen LogP contribution in [-0.4, -0.2) is 18.4 Å². The summed E-state index contributed by atoms with van der Waals surface area (Å²) >= 11 is 1.76. The second-order valence-corrected chi connectivity index (χ2v) is 7.82. The quantitative estimate of drug-likeness (QED) is 0.581. The normalized spacial score (nSPS) is 13.4. The molecule has 1 aromatic heterocycles. The van der Waals surface area contributed by atoms with Crippen LogP contribution in [0.3, 0.4) is 0 Å². The Morgan fingerprint density at radius 1 is 1.17 bits per heavy atom. The van der Waals surface area contributed by atoms with E-state index < -0.39 is 0 Å². The van der Waals surface area contributed by atoms with Gasteiger partial charge in [-0.1, -0.05) is 31.2 Å². The minimum absolute atomic E-state index is 0.215. The van der Waals surface area contributed by atoms with E-state index in [0.717, 1.165) is 45.9 Å². The first-order valence-electron chi connectivity index (χ1n) is 9.52. The molecule has 0 aliphatic carbocycles. The number of benzene rings is 2. The van der Waals surface area contributed by atoms with Crippen LogP contribution in [0.15, 0.2) is 47.4 Å². The average molecular weight is 402 g/mol. The highest BCUT2D eigenvalue weighted by atomic mass is 32.2. The van der Waals surface area contributed by atoms with Crippen molar-refractivity contribution >= 4 is 11.8 Å². The van der Waals surface area contributed by atoms with Gasteiger partial charge in [0.25, 0.3) is 0 Å². The van der Waals surface area contributed by atoms with Crippen LogP contribution in [-0.2, 0) is 5.75 Å². The molecule has 0 saturated carbocycles. The smallest absolute Gasteiger partial charge is 0.232 e. The second kappa shape index (κ2) is 7.34. The molecule has 144 valence electrons. The number of rotatable bonds is 4. The van der Waals surface area contributed by atoms with Gasteiger partial charge in [0.1, 0.15) is 11.6 Å². The molecule has 0 fully saturated rings. The van der Waals surface area contributed by atoms with Crippen LogP contribution in [0, 0.1) is 11.3 Å². The van der Waals surface area contributed by atoms with Gasteiger partial charge >= 0.3 is 0 Å². The molecule has 6 heteroatoms. The highest BCUT2D eigenvalue weighted by Crippen LogP contribution is 2.48. The molecule has 0 amide bonds. The second-order valence-electron chi connectivity index (χ2n) is 6.81. The van der Waals surface area contributed by atoms with Crippen molar-refractivity contribution in [3.05, 3.63) is 53.6 Å². The summed E-state index contributed by atoms with van der Waals surface area (Å²) < 4.78 is 16.9. The molecular weight excluding hydrogens is 384 g/mol. The lowest BCUT2D eigenvalue weighted by Gasteiger charge is -2.23. The molecule has 0 atom stereocenters. The van der Waals surface area contributed by atoms with Gasteiger partial charge in [-0.2, -0.15) is 5.26 Å². The molecule has 3 heterocycles. The molecule has 2 aliphatic rings. The van der Waals surface area contributed by atoms with Crippen LogP contribution in [0.1, 0.15) is 24.5 Å².